The van der Waals surface area contributed by atoms with E-state index in [9.17, 15) is 9.59 Å². The molecule has 1 saturated heterocycles. The van der Waals surface area contributed by atoms with Gasteiger partial charge in [-0.1, -0.05) is 66.8 Å². The number of unbranched alkanes of at least 4 members (excludes halogenated alkanes) is 2. The van der Waals surface area contributed by atoms with Crippen LogP contribution < -0.4 is 0 Å². The van der Waals surface area contributed by atoms with Crippen molar-refractivity contribution >= 4 is 24.3 Å². The number of allylic oxidation sites excluding steroid dienone is 3. The predicted molar refractivity (Wildman–Crippen MR) is 144 cm³/mol. The minimum Gasteiger partial charge on any atom is -0.481 e. The maximum atomic E-state index is 13.1. The first kappa shape index (κ1) is 27.7. The summed E-state index contributed by atoms with van der Waals surface area (Å²) in [6.45, 7) is 6.36. The molecule has 0 radical (unpaired) electrons. The first-order chi connectivity index (χ1) is 17.0. The first-order valence-corrected chi connectivity index (χ1v) is 12.2. The van der Waals surface area contributed by atoms with Gasteiger partial charge in [-0.05, 0) is 50.5 Å². The summed E-state index contributed by atoms with van der Waals surface area (Å²) in [5.74, 6) is -0.379. The van der Waals surface area contributed by atoms with Gasteiger partial charge in [-0.3, -0.25) is 19.6 Å². The number of carboxylic acid groups (broad SMARTS) is 1. The van der Waals surface area contributed by atoms with E-state index < -0.39 is 5.97 Å². The molecule has 0 spiro atoms. The van der Waals surface area contributed by atoms with E-state index in [0.29, 0.717) is 44.1 Å². The zero-order valence-corrected chi connectivity index (χ0v) is 20.8. The molecule has 0 saturated carbocycles. The number of aliphatic imine (C=N–C) groups is 2. The summed E-state index contributed by atoms with van der Waals surface area (Å²) in [5, 5.41) is 8.69. The van der Waals surface area contributed by atoms with Crippen LogP contribution in [0.1, 0.15) is 45.1 Å². The molecule has 0 unspecified atom stereocenters. The van der Waals surface area contributed by atoms with Gasteiger partial charge >= 0.3 is 5.97 Å². The summed E-state index contributed by atoms with van der Waals surface area (Å²) >= 11 is 0. The normalized spacial score (nSPS) is 15.7. The second kappa shape index (κ2) is 16.1. The topological polar surface area (TPSA) is 82.3 Å². The molecule has 0 atom stereocenters. The number of carbonyl (C=O) groups is 2. The lowest BCUT2D eigenvalue weighted by Gasteiger charge is -2.40. The number of nitrogens with zero attached hydrogens (tertiary/aromatic N) is 3. The van der Waals surface area contributed by atoms with Gasteiger partial charge < -0.3 is 10.0 Å². The van der Waals surface area contributed by atoms with Gasteiger partial charge in [0, 0.05) is 37.2 Å². The number of rotatable bonds is 14. The average molecular weight is 476 g/mol. The van der Waals surface area contributed by atoms with E-state index in [1.54, 1.807) is 0 Å². The molecule has 2 rings (SSSR count). The van der Waals surface area contributed by atoms with Crippen LogP contribution in [0.25, 0.3) is 0 Å². The third-order valence-corrected chi connectivity index (χ3v) is 5.65. The van der Waals surface area contributed by atoms with Crippen molar-refractivity contribution in [2.45, 2.75) is 39.5 Å². The minimum atomic E-state index is -0.770. The maximum Gasteiger partial charge on any atom is 0.303 e. The molecule has 1 amide bonds. The molecule has 1 aromatic rings. The predicted octanol–water partition coefficient (Wildman–Crippen LogP) is 5.28. The number of hydrogen-bond donors (Lipinski definition) is 1. The fraction of sp³-hybridized carbons (Fsp3) is 0.379. The molecular formula is C29H37N3O3. The Morgan fingerprint density at radius 3 is 2.51 bits per heavy atom. The van der Waals surface area contributed by atoms with Gasteiger partial charge in [-0.2, -0.15) is 0 Å². The number of aliphatic carboxylic acids is 1. The Morgan fingerprint density at radius 2 is 1.83 bits per heavy atom. The van der Waals surface area contributed by atoms with E-state index in [1.165, 1.54) is 5.57 Å². The summed E-state index contributed by atoms with van der Waals surface area (Å²) in [4.78, 5) is 34.4. The smallest absolute Gasteiger partial charge is 0.303 e. The molecule has 1 aliphatic heterocycles. The maximum absolute atomic E-state index is 13.1. The van der Waals surface area contributed by atoms with Crippen molar-refractivity contribution in [2.24, 2.45) is 15.9 Å². The van der Waals surface area contributed by atoms with Crippen molar-refractivity contribution in [3.8, 4) is 0 Å². The molecular weight excluding hydrogens is 438 g/mol. The van der Waals surface area contributed by atoms with Crippen LogP contribution in [0.5, 0.6) is 0 Å². The van der Waals surface area contributed by atoms with E-state index >= 15 is 0 Å². The van der Waals surface area contributed by atoms with E-state index in [4.69, 9.17) is 5.11 Å². The molecule has 35 heavy (non-hydrogen) atoms. The summed E-state index contributed by atoms with van der Waals surface area (Å²) in [6, 6.07) is 9.90. The highest BCUT2D eigenvalue weighted by Gasteiger charge is 2.32. The highest BCUT2D eigenvalue weighted by molar-refractivity contribution is 5.96. The lowest BCUT2D eigenvalue weighted by Crippen LogP contribution is -2.50. The van der Waals surface area contributed by atoms with Gasteiger partial charge in [0.15, 0.2) is 0 Å². The SMILES string of the molecule is C/C=C\C(=C/C)C1CN(C(=O)C(/C=C\CN=Cc2ccccc2)=C/CN=CCCCCC(=O)O)C1. The highest BCUT2D eigenvalue weighted by atomic mass is 16.4. The molecule has 1 aromatic carbocycles. The molecule has 0 bridgehead atoms. The Labute approximate surface area is 209 Å². The van der Waals surface area contributed by atoms with Gasteiger partial charge in [-0.25, -0.2) is 0 Å². The van der Waals surface area contributed by atoms with Crippen LogP contribution >= 0.6 is 0 Å². The van der Waals surface area contributed by atoms with Gasteiger partial charge in [0.1, 0.15) is 0 Å². The second-order valence-electron chi connectivity index (χ2n) is 8.35. The Kier molecular flexibility index (Phi) is 12.8. The van der Waals surface area contributed by atoms with Crippen LogP contribution in [0.15, 0.2) is 87.9 Å². The molecule has 1 fully saturated rings. The minimum absolute atomic E-state index is 0.0112. The number of amides is 1. The second-order valence-corrected chi connectivity index (χ2v) is 8.35. The molecule has 186 valence electrons. The van der Waals surface area contributed by atoms with Crippen molar-refractivity contribution in [2.75, 3.05) is 26.2 Å². The van der Waals surface area contributed by atoms with Crippen LogP contribution in [0.4, 0.5) is 0 Å². The zero-order valence-electron chi connectivity index (χ0n) is 20.8. The Bertz CT molecular complexity index is 982. The standard InChI is InChI=1S/C29H37N3O3/c1-3-12-25(4-2)27-22-32(23-27)29(35)26(17-20-30-18-10-6-9-16-28(33)34)15-11-19-31-21-24-13-7-5-8-14-24/h3-5,7-8,11-15,17-18,21,27H,6,9-10,16,19-20,22-23H2,1-2H3,(H,33,34)/b12-3-,15-11-,25-4+,26-17+,30-18?,31-21?. The van der Waals surface area contributed by atoms with Crippen molar-refractivity contribution in [1.29, 1.82) is 0 Å². The van der Waals surface area contributed by atoms with Crippen molar-refractivity contribution in [3.05, 3.63) is 83.5 Å². The average Bonchev–Trinajstić information content (AvgIpc) is 2.83. The Balaban J connectivity index is 1.94. The van der Waals surface area contributed by atoms with Gasteiger partial charge in [0.25, 0.3) is 5.91 Å². The number of hydrogen-bond acceptors (Lipinski definition) is 4. The first-order valence-electron chi connectivity index (χ1n) is 12.2. The van der Waals surface area contributed by atoms with Crippen LogP contribution in [0.2, 0.25) is 0 Å². The van der Waals surface area contributed by atoms with E-state index in [-0.39, 0.29) is 12.3 Å². The fourth-order valence-corrected chi connectivity index (χ4v) is 3.69. The molecule has 0 aromatic heterocycles. The summed E-state index contributed by atoms with van der Waals surface area (Å²) in [7, 11) is 0. The van der Waals surface area contributed by atoms with Crippen LogP contribution in [0, 0.1) is 5.92 Å². The molecule has 6 nitrogen and oxygen atoms in total. The van der Waals surface area contributed by atoms with E-state index in [0.717, 1.165) is 18.4 Å². The zero-order chi connectivity index (χ0) is 25.3. The van der Waals surface area contributed by atoms with Gasteiger partial charge in [0.2, 0.25) is 0 Å². The van der Waals surface area contributed by atoms with E-state index in [1.807, 2.05) is 85.8 Å². The lowest BCUT2D eigenvalue weighted by molar-refractivity contribution is -0.137. The van der Waals surface area contributed by atoms with Crippen molar-refractivity contribution in [3.63, 3.8) is 0 Å². The summed E-state index contributed by atoms with van der Waals surface area (Å²) in [5.41, 5.74) is 2.92. The summed E-state index contributed by atoms with van der Waals surface area (Å²) in [6.07, 6.45) is 17.8. The monoisotopic (exact) mass is 475 g/mol. The Hall–Kier alpha value is -3.54. The van der Waals surface area contributed by atoms with Gasteiger partial charge in [-0.15, -0.1) is 0 Å². The van der Waals surface area contributed by atoms with Crippen molar-refractivity contribution < 1.29 is 14.7 Å². The Morgan fingerprint density at radius 1 is 1.06 bits per heavy atom. The number of carboxylic acids is 1. The van der Waals surface area contributed by atoms with Gasteiger partial charge in [0.05, 0.1) is 13.1 Å². The highest BCUT2D eigenvalue weighted by Crippen LogP contribution is 2.26. The molecule has 6 heteroatoms. The molecule has 1 aliphatic rings. The third kappa shape index (κ3) is 10.5. The largest absolute Gasteiger partial charge is 0.481 e. The van der Waals surface area contributed by atoms with E-state index in [2.05, 4.69) is 22.1 Å². The third-order valence-electron chi connectivity index (χ3n) is 5.65. The van der Waals surface area contributed by atoms with Crippen LogP contribution in [-0.4, -0.2) is 60.5 Å². The number of likely N-dealkylation sites (tertiary alicyclic amines) is 1. The molecule has 1 N–H and O–H groups in total. The quantitative estimate of drug-likeness (QED) is 0.172. The summed E-state index contributed by atoms with van der Waals surface area (Å²) < 4.78 is 0. The lowest BCUT2D eigenvalue weighted by atomic mass is 9.90. The fourth-order valence-electron chi connectivity index (χ4n) is 3.69. The van der Waals surface area contributed by atoms with Crippen molar-refractivity contribution in [1.82, 2.24) is 4.90 Å². The van der Waals surface area contributed by atoms with Crippen LogP contribution in [0.3, 0.4) is 0 Å². The molecule has 1 heterocycles. The molecule has 0 aliphatic carbocycles. The number of carbonyl (C=O) groups excluding carboxylic acids is 1. The van der Waals surface area contributed by atoms with Crippen LogP contribution in [-0.2, 0) is 9.59 Å². The number of benzene rings is 1.